The maximum atomic E-state index is 13.2. The van der Waals surface area contributed by atoms with E-state index in [4.69, 9.17) is 10.6 Å². The van der Waals surface area contributed by atoms with Crippen molar-refractivity contribution in [2.75, 3.05) is 23.8 Å². The van der Waals surface area contributed by atoms with Crippen molar-refractivity contribution < 1.29 is 24.3 Å². The molecule has 2 aromatic rings. The number of carbonyl (C=O) groups excluding carboxylic acids is 2. The lowest BCUT2D eigenvalue weighted by molar-refractivity contribution is -0.157. The van der Waals surface area contributed by atoms with Crippen LogP contribution in [0.15, 0.2) is 19.9 Å². The molecule has 3 aliphatic rings. The minimum atomic E-state index is -1.35. The molecule has 0 bridgehead atoms. The second kappa shape index (κ2) is 11.2. The van der Waals surface area contributed by atoms with E-state index in [1.54, 1.807) is 0 Å². The summed E-state index contributed by atoms with van der Waals surface area (Å²) in [4.78, 5) is 76.4. The molecule has 2 aromatic heterocycles. The minimum absolute atomic E-state index is 0.00916. The highest BCUT2D eigenvalue weighted by atomic mass is 32.2. The van der Waals surface area contributed by atoms with Gasteiger partial charge in [-0.3, -0.25) is 33.8 Å². The van der Waals surface area contributed by atoms with Crippen molar-refractivity contribution in [1.29, 1.82) is 0 Å². The molecule has 1 saturated carbocycles. The topological polar surface area (TPSA) is 228 Å². The van der Waals surface area contributed by atoms with Crippen molar-refractivity contribution in [2.24, 2.45) is 17.6 Å². The standard InChI is InChI=1S/C21H25N9O7S3/c1-29-20(25-14(32)15(33)26-29)39-8-21(18(35)36)6-30-16(34)11(17(30)38-7-21)23-13(31)10(12-24-19(22)40-28-12)27-37-9-4-2-3-5-9/h9,11,17H,2-8H2,1H3,(H,23,31)(H,26,33)(H,35,36)(H2,22,24,28)/t11?,17-,21?/m1/s1. The predicted molar refractivity (Wildman–Crippen MR) is 145 cm³/mol. The number of anilines is 1. The summed E-state index contributed by atoms with van der Waals surface area (Å²) in [5.41, 5.74) is 2.27. The molecule has 2 unspecified atom stereocenters. The third-order valence-corrected chi connectivity index (χ3v) is 10.2. The number of aromatic nitrogens is 5. The number of oxime groups is 1. The van der Waals surface area contributed by atoms with E-state index in [1.807, 2.05) is 0 Å². The van der Waals surface area contributed by atoms with Crippen LogP contribution in [-0.2, 0) is 26.3 Å². The lowest BCUT2D eigenvalue weighted by Crippen LogP contribution is -2.74. The zero-order chi connectivity index (χ0) is 28.6. The number of thioether (sulfide) groups is 2. The van der Waals surface area contributed by atoms with E-state index >= 15 is 0 Å². The number of fused-ring (bicyclic) bond motifs is 1. The van der Waals surface area contributed by atoms with Gasteiger partial charge in [0.05, 0.1) is 0 Å². The first-order valence-corrected chi connectivity index (χ1v) is 15.0. The average Bonchev–Trinajstić information content (AvgIpc) is 3.60. The van der Waals surface area contributed by atoms with E-state index in [2.05, 4.69) is 29.9 Å². The third-order valence-electron chi connectivity index (χ3n) is 6.77. The highest BCUT2D eigenvalue weighted by Gasteiger charge is 2.57. The summed E-state index contributed by atoms with van der Waals surface area (Å²) in [5.74, 6) is -2.16. The molecule has 19 heteroatoms. The number of nitrogens with two attached hydrogens (primary N) is 1. The molecule has 2 aliphatic heterocycles. The summed E-state index contributed by atoms with van der Waals surface area (Å²) >= 11 is 3.11. The molecular formula is C21H25N9O7S3. The van der Waals surface area contributed by atoms with Crippen molar-refractivity contribution in [3.8, 4) is 0 Å². The number of nitrogens with zero attached hydrogens (tertiary/aromatic N) is 6. The molecule has 2 amide bonds. The first kappa shape index (κ1) is 28.1. The number of hydrogen-bond acceptors (Lipinski definition) is 14. The summed E-state index contributed by atoms with van der Waals surface area (Å²) < 4.78 is 5.29. The van der Waals surface area contributed by atoms with E-state index in [-0.39, 0.29) is 46.0 Å². The average molecular weight is 612 g/mol. The highest BCUT2D eigenvalue weighted by molar-refractivity contribution is 8.00. The third kappa shape index (κ3) is 5.44. The number of hydrogen-bond donors (Lipinski definition) is 4. The van der Waals surface area contributed by atoms with Gasteiger partial charge in [-0.1, -0.05) is 16.9 Å². The summed E-state index contributed by atoms with van der Waals surface area (Å²) in [6.07, 6.45) is 3.52. The first-order valence-electron chi connectivity index (χ1n) is 12.2. The van der Waals surface area contributed by atoms with E-state index in [9.17, 15) is 29.1 Å². The SMILES string of the molecule is Cn1[nH]c(=O)c(=O)nc1SCC1(C(=O)O)CS[C@@H]2C(NC(=O)C(=NOC3CCCC3)c3nsc(N)n3)C(=O)N2C1. The summed E-state index contributed by atoms with van der Waals surface area (Å²) in [6, 6.07) is -0.911. The van der Waals surface area contributed by atoms with Gasteiger partial charge in [0, 0.05) is 36.6 Å². The maximum Gasteiger partial charge on any atom is 0.339 e. The van der Waals surface area contributed by atoms with E-state index in [0.29, 0.717) is 0 Å². The number of amides is 2. The molecule has 3 atom stereocenters. The van der Waals surface area contributed by atoms with Crippen LogP contribution in [0.2, 0.25) is 0 Å². The normalized spacial score (nSPS) is 24.9. The number of carboxylic acids is 1. The number of H-pyrrole nitrogens is 1. The summed E-state index contributed by atoms with van der Waals surface area (Å²) in [6.45, 7) is -0.106. The Morgan fingerprint density at radius 3 is 2.73 bits per heavy atom. The molecule has 16 nitrogen and oxygen atoms in total. The molecule has 2 saturated heterocycles. The van der Waals surface area contributed by atoms with E-state index in [0.717, 1.165) is 49.0 Å². The summed E-state index contributed by atoms with van der Waals surface area (Å²) in [5, 5.41) is 18.9. The van der Waals surface area contributed by atoms with Gasteiger partial charge in [0.25, 0.3) is 5.91 Å². The van der Waals surface area contributed by atoms with Gasteiger partial charge in [-0.2, -0.15) is 14.3 Å². The van der Waals surface area contributed by atoms with Gasteiger partial charge in [-0.25, -0.2) is 0 Å². The molecule has 5 rings (SSSR count). The number of aliphatic carboxylic acids is 1. The molecular weight excluding hydrogens is 586 g/mol. The predicted octanol–water partition coefficient (Wildman–Crippen LogP) is -1.17. The Morgan fingerprint density at radius 1 is 1.30 bits per heavy atom. The van der Waals surface area contributed by atoms with Gasteiger partial charge in [0.1, 0.15) is 22.9 Å². The second-order valence-corrected chi connectivity index (χ2v) is 12.4. The first-order chi connectivity index (χ1) is 19.1. The Labute approximate surface area is 238 Å². The molecule has 4 heterocycles. The fraction of sp³-hybridized carbons (Fsp3) is 0.571. The Kier molecular flexibility index (Phi) is 7.87. The molecule has 214 valence electrons. The van der Waals surface area contributed by atoms with E-state index in [1.165, 1.54) is 28.4 Å². The van der Waals surface area contributed by atoms with Crippen LogP contribution in [0.1, 0.15) is 31.5 Å². The van der Waals surface area contributed by atoms with Crippen molar-refractivity contribution in [2.45, 2.75) is 48.4 Å². The van der Waals surface area contributed by atoms with Gasteiger partial charge >= 0.3 is 17.1 Å². The Morgan fingerprint density at radius 2 is 2.05 bits per heavy atom. The Balaban J connectivity index is 1.26. The fourth-order valence-corrected chi connectivity index (χ4v) is 7.76. The Bertz CT molecular complexity index is 1480. The minimum Gasteiger partial charge on any atom is -0.481 e. The van der Waals surface area contributed by atoms with Gasteiger partial charge in [-0.15, -0.1) is 11.8 Å². The van der Waals surface area contributed by atoms with Gasteiger partial charge < -0.3 is 25.9 Å². The quantitative estimate of drug-likeness (QED) is 0.0862. The molecule has 40 heavy (non-hydrogen) atoms. The van der Waals surface area contributed by atoms with Crippen molar-refractivity contribution in [3.63, 3.8) is 0 Å². The Hall–Kier alpha value is -3.45. The number of carbonyl (C=O) groups is 3. The number of aromatic amines is 1. The van der Waals surface area contributed by atoms with Gasteiger partial charge in [0.15, 0.2) is 10.3 Å². The van der Waals surface area contributed by atoms with Crippen LogP contribution >= 0.6 is 35.1 Å². The number of aryl methyl sites for hydroxylation is 1. The fourth-order valence-electron chi connectivity index (χ4n) is 4.54. The van der Waals surface area contributed by atoms with Crippen LogP contribution < -0.4 is 22.2 Å². The second-order valence-electron chi connectivity index (χ2n) is 9.60. The van der Waals surface area contributed by atoms with Crippen molar-refractivity contribution in [3.05, 3.63) is 26.5 Å². The van der Waals surface area contributed by atoms with Crippen LogP contribution in [0.25, 0.3) is 0 Å². The molecule has 5 N–H and O–H groups in total. The number of nitrogens with one attached hydrogen (secondary N) is 2. The largest absolute Gasteiger partial charge is 0.481 e. The molecule has 0 aromatic carbocycles. The number of rotatable bonds is 9. The zero-order valence-electron chi connectivity index (χ0n) is 21.1. The number of carboxylic acid groups (broad SMARTS) is 1. The maximum absolute atomic E-state index is 13.2. The van der Waals surface area contributed by atoms with Crippen molar-refractivity contribution in [1.82, 2.24) is 34.3 Å². The molecule has 1 aliphatic carbocycles. The number of nitrogen functional groups attached to an aromatic ring is 1. The van der Waals surface area contributed by atoms with Gasteiger partial charge in [-0.05, 0) is 25.7 Å². The van der Waals surface area contributed by atoms with Crippen LogP contribution in [0, 0.1) is 5.41 Å². The van der Waals surface area contributed by atoms with Crippen LogP contribution in [0.5, 0.6) is 0 Å². The molecule has 0 spiro atoms. The molecule has 0 radical (unpaired) electrons. The summed E-state index contributed by atoms with van der Waals surface area (Å²) in [7, 11) is 1.48. The number of β-lactam (4-membered cyclic amide) rings is 1. The highest BCUT2D eigenvalue weighted by Crippen LogP contribution is 2.44. The van der Waals surface area contributed by atoms with Crippen molar-refractivity contribution >= 4 is 63.7 Å². The van der Waals surface area contributed by atoms with Crippen LogP contribution in [0.3, 0.4) is 0 Å². The van der Waals surface area contributed by atoms with Crippen LogP contribution in [-0.4, -0.2) is 93.2 Å². The lowest BCUT2D eigenvalue weighted by atomic mass is 9.89. The van der Waals surface area contributed by atoms with Crippen LogP contribution in [0.4, 0.5) is 5.13 Å². The van der Waals surface area contributed by atoms with Gasteiger partial charge in [0.2, 0.25) is 17.4 Å². The van der Waals surface area contributed by atoms with E-state index < -0.39 is 45.7 Å². The molecule has 3 fully saturated rings. The monoisotopic (exact) mass is 611 g/mol. The smallest absolute Gasteiger partial charge is 0.339 e. The zero-order valence-corrected chi connectivity index (χ0v) is 23.5. The lowest BCUT2D eigenvalue weighted by Gasteiger charge is -2.53.